The number of nitrogens with one attached hydrogen (secondary N) is 1. The average Bonchev–Trinajstić information content (AvgIpc) is 2.42. The highest BCUT2D eigenvalue weighted by Gasteiger charge is 2.34. The minimum absolute atomic E-state index is 0.490. The lowest BCUT2D eigenvalue weighted by Crippen LogP contribution is -2.53. The van der Waals surface area contributed by atoms with Crippen LogP contribution >= 0.6 is 0 Å². The molecule has 1 aliphatic rings. The number of nitrogens with zero attached hydrogens (tertiary/aromatic N) is 1. The molecular weight excluding hydrogens is 236 g/mol. The van der Waals surface area contributed by atoms with Crippen molar-refractivity contribution in [2.75, 3.05) is 27.7 Å². The van der Waals surface area contributed by atoms with Crippen molar-refractivity contribution in [2.24, 2.45) is 0 Å². The van der Waals surface area contributed by atoms with E-state index in [9.17, 15) is 0 Å². The summed E-state index contributed by atoms with van der Waals surface area (Å²) in [5.41, 5.74) is 2.79. The number of rotatable bonds is 3. The van der Waals surface area contributed by atoms with Gasteiger partial charge in [0.05, 0.1) is 7.11 Å². The fourth-order valence-electron chi connectivity index (χ4n) is 3.27. The molecule has 0 bridgehead atoms. The predicted octanol–water partition coefficient (Wildman–Crippen LogP) is 2.40. The van der Waals surface area contributed by atoms with E-state index in [1.807, 2.05) is 6.07 Å². The zero-order valence-corrected chi connectivity index (χ0v) is 12.7. The van der Waals surface area contributed by atoms with Crippen LogP contribution in [-0.2, 0) is 0 Å². The summed E-state index contributed by atoms with van der Waals surface area (Å²) in [6.07, 6.45) is 1.19. The third-order valence-corrected chi connectivity index (χ3v) is 4.66. The second-order valence-corrected chi connectivity index (χ2v) is 5.65. The van der Waals surface area contributed by atoms with Crippen LogP contribution < -0.4 is 10.1 Å². The SMILES string of the molecule is CNC1C(c2cc(OC)ccc2C)CCN(C)C1C. The molecule has 0 spiro atoms. The molecule has 1 saturated heterocycles. The number of methoxy groups -OCH3 is 1. The number of hydrogen-bond donors (Lipinski definition) is 1. The first-order valence-electron chi connectivity index (χ1n) is 7.10. The molecule has 0 aliphatic carbocycles. The Bertz CT molecular complexity index is 433. The Morgan fingerprint density at radius 1 is 1.37 bits per heavy atom. The van der Waals surface area contributed by atoms with Crippen LogP contribution in [0.1, 0.15) is 30.4 Å². The standard InChI is InChI=1S/C16H26N2O/c1-11-6-7-13(19-5)10-15(11)14-8-9-18(4)12(2)16(14)17-3/h6-7,10,12,14,16-17H,8-9H2,1-5H3. The van der Waals surface area contributed by atoms with Gasteiger partial charge < -0.3 is 15.0 Å². The van der Waals surface area contributed by atoms with E-state index in [1.54, 1.807) is 7.11 Å². The van der Waals surface area contributed by atoms with Crippen molar-refractivity contribution in [1.82, 2.24) is 10.2 Å². The fraction of sp³-hybridized carbons (Fsp3) is 0.625. The number of hydrogen-bond acceptors (Lipinski definition) is 3. The van der Waals surface area contributed by atoms with Gasteiger partial charge in [0, 0.05) is 18.0 Å². The summed E-state index contributed by atoms with van der Waals surface area (Å²) in [6, 6.07) is 7.47. The fourth-order valence-corrected chi connectivity index (χ4v) is 3.27. The molecule has 0 amide bonds. The van der Waals surface area contributed by atoms with Crippen LogP contribution in [0.5, 0.6) is 5.75 Å². The zero-order valence-electron chi connectivity index (χ0n) is 12.7. The molecule has 1 fully saturated rings. The predicted molar refractivity (Wildman–Crippen MR) is 80.0 cm³/mol. The molecule has 19 heavy (non-hydrogen) atoms. The molecule has 1 heterocycles. The number of ether oxygens (including phenoxy) is 1. The van der Waals surface area contributed by atoms with Gasteiger partial charge in [0.2, 0.25) is 0 Å². The lowest BCUT2D eigenvalue weighted by molar-refractivity contribution is 0.140. The van der Waals surface area contributed by atoms with Crippen LogP contribution in [-0.4, -0.2) is 44.7 Å². The summed E-state index contributed by atoms with van der Waals surface area (Å²) in [5, 5.41) is 3.51. The number of aryl methyl sites for hydroxylation is 1. The molecule has 3 atom stereocenters. The molecule has 3 heteroatoms. The minimum atomic E-state index is 0.490. The molecule has 3 nitrogen and oxygen atoms in total. The lowest BCUT2D eigenvalue weighted by Gasteiger charge is -2.43. The Hall–Kier alpha value is -1.06. The Morgan fingerprint density at radius 2 is 2.11 bits per heavy atom. The second kappa shape index (κ2) is 5.93. The van der Waals surface area contributed by atoms with Crippen molar-refractivity contribution >= 4 is 0 Å². The van der Waals surface area contributed by atoms with Crippen LogP contribution in [0.4, 0.5) is 0 Å². The molecule has 0 saturated carbocycles. The summed E-state index contributed by atoms with van der Waals surface area (Å²) < 4.78 is 5.39. The van der Waals surface area contributed by atoms with Crippen molar-refractivity contribution in [3.05, 3.63) is 29.3 Å². The van der Waals surface area contributed by atoms with Gasteiger partial charge >= 0.3 is 0 Å². The van der Waals surface area contributed by atoms with E-state index in [2.05, 4.69) is 50.3 Å². The Balaban J connectivity index is 2.34. The molecule has 0 aromatic heterocycles. The highest BCUT2D eigenvalue weighted by molar-refractivity contribution is 5.38. The highest BCUT2D eigenvalue weighted by atomic mass is 16.5. The van der Waals surface area contributed by atoms with Gasteiger partial charge in [-0.1, -0.05) is 6.07 Å². The number of likely N-dealkylation sites (tertiary alicyclic amines) is 1. The monoisotopic (exact) mass is 262 g/mol. The van der Waals surface area contributed by atoms with Crippen LogP contribution in [0.15, 0.2) is 18.2 Å². The normalized spacial score (nSPS) is 28.4. The van der Waals surface area contributed by atoms with Crippen LogP contribution in [0.3, 0.4) is 0 Å². The van der Waals surface area contributed by atoms with Crippen molar-refractivity contribution in [1.29, 1.82) is 0 Å². The van der Waals surface area contributed by atoms with Crippen molar-refractivity contribution in [3.63, 3.8) is 0 Å². The summed E-state index contributed by atoms with van der Waals surface area (Å²) in [6.45, 7) is 5.66. The van der Waals surface area contributed by atoms with Crippen molar-refractivity contribution < 1.29 is 4.74 Å². The minimum Gasteiger partial charge on any atom is -0.497 e. The van der Waals surface area contributed by atoms with Crippen LogP contribution in [0, 0.1) is 6.92 Å². The Morgan fingerprint density at radius 3 is 2.74 bits per heavy atom. The van der Waals surface area contributed by atoms with E-state index in [0.717, 1.165) is 12.3 Å². The van der Waals surface area contributed by atoms with Gasteiger partial charge in [0.15, 0.2) is 0 Å². The number of piperidine rings is 1. The van der Waals surface area contributed by atoms with Gasteiger partial charge in [0.25, 0.3) is 0 Å². The average molecular weight is 262 g/mol. The van der Waals surface area contributed by atoms with E-state index in [-0.39, 0.29) is 0 Å². The third kappa shape index (κ3) is 2.77. The van der Waals surface area contributed by atoms with E-state index < -0.39 is 0 Å². The van der Waals surface area contributed by atoms with Gasteiger partial charge in [-0.25, -0.2) is 0 Å². The summed E-state index contributed by atoms with van der Waals surface area (Å²) in [5.74, 6) is 1.52. The van der Waals surface area contributed by atoms with Gasteiger partial charge in [0.1, 0.15) is 5.75 Å². The maximum Gasteiger partial charge on any atom is 0.119 e. The van der Waals surface area contributed by atoms with Gasteiger partial charge in [-0.2, -0.15) is 0 Å². The molecule has 1 aliphatic heterocycles. The molecule has 106 valence electrons. The first-order valence-corrected chi connectivity index (χ1v) is 7.10. The second-order valence-electron chi connectivity index (χ2n) is 5.65. The zero-order chi connectivity index (χ0) is 14.0. The Kier molecular flexibility index (Phi) is 4.48. The van der Waals surface area contributed by atoms with E-state index >= 15 is 0 Å². The molecule has 2 rings (SSSR count). The van der Waals surface area contributed by atoms with Crippen molar-refractivity contribution in [3.8, 4) is 5.75 Å². The molecule has 1 N–H and O–H groups in total. The summed E-state index contributed by atoms with van der Waals surface area (Å²) >= 11 is 0. The van der Waals surface area contributed by atoms with Gasteiger partial charge in [-0.15, -0.1) is 0 Å². The molecule has 1 aromatic carbocycles. The van der Waals surface area contributed by atoms with Gasteiger partial charge in [-0.05, 0) is 64.2 Å². The van der Waals surface area contributed by atoms with E-state index in [0.29, 0.717) is 18.0 Å². The molecule has 3 unspecified atom stereocenters. The molecular formula is C16H26N2O. The van der Waals surface area contributed by atoms with Crippen LogP contribution in [0.25, 0.3) is 0 Å². The summed E-state index contributed by atoms with van der Waals surface area (Å²) in [4.78, 5) is 2.44. The van der Waals surface area contributed by atoms with Gasteiger partial charge in [-0.3, -0.25) is 0 Å². The smallest absolute Gasteiger partial charge is 0.119 e. The van der Waals surface area contributed by atoms with E-state index in [1.165, 1.54) is 17.5 Å². The van der Waals surface area contributed by atoms with Crippen molar-refractivity contribution in [2.45, 2.75) is 38.3 Å². The summed E-state index contributed by atoms with van der Waals surface area (Å²) in [7, 11) is 6.02. The maximum absolute atomic E-state index is 5.39. The Labute approximate surface area is 116 Å². The molecule has 0 radical (unpaired) electrons. The lowest BCUT2D eigenvalue weighted by atomic mass is 9.80. The first-order chi connectivity index (χ1) is 9.08. The largest absolute Gasteiger partial charge is 0.497 e. The maximum atomic E-state index is 5.39. The number of benzene rings is 1. The highest BCUT2D eigenvalue weighted by Crippen LogP contribution is 2.34. The topological polar surface area (TPSA) is 24.5 Å². The third-order valence-electron chi connectivity index (χ3n) is 4.66. The number of likely N-dealkylation sites (N-methyl/N-ethyl adjacent to an activating group) is 2. The first kappa shape index (κ1) is 14.4. The quantitative estimate of drug-likeness (QED) is 0.905. The molecule has 1 aromatic rings. The van der Waals surface area contributed by atoms with E-state index in [4.69, 9.17) is 4.74 Å². The van der Waals surface area contributed by atoms with Crippen LogP contribution in [0.2, 0.25) is 0 Å².